The smallest absolute Gasteiger partial charge is 0.230 e. The van der Waals surface area contributed by atoms with Gasteiger partial charge in [0.15, 0.2) is 0 Å². The number of hydrogen-bond acceptors (Lipinski definition) is 7. The molecule has 2 saturated heterocycles. The predicted octanol–water partition coefficient (Wildman–Crippen LogP) is 3.45. The van der Waals surface area contributed by atoms with Crippen molar-refractivity contribution in [3.05, 3.63) is 54.3 Å². The van der Waals surface area contributed by atoms with Crippen molar-refractivity contribution < 1.29 is 9.26 Å². The summed E-state index contributed by atoms with van der Waals surface area (Å²) < 4.78 is 10.9. The minimum absolute atomic E-state index is 0.324. The fourth-order valence-electron chi connectivity index (χ4n) is 4.59. The summed E-state index contributed by atoms with van der Waals surface area (Å²) in [6.45, 7) is 0.865. The Hall–Kier alpha value is -2.80. The Morgan fingerprint density at radius 3 is 2.71 bits per heavy atom. The van der Waals surface area contributed by atoms with Gasteiger partial charge in [0.25, 0.3) is 0 Å². The summed E-state index contributed by atoms with van der Waals surface area (Å²) in [5, 5.41) is 4.17. The van der Waals surface area contributed by atoms with E-state index in [-0.39, 0.29) is 0 Å². The Kier molecular flexibility index (Phi) is 4.52. The zero-order valence-electron chi connectivity index (χ0n) is 15.9. The number of piperidine rings is 1. The summed E-state index contributed by atoms with van der Waals surface area (Å²) in [5.41, 5.74) is 1.95. The van der Waals surface area contributed by atoms with Crippen LogP contribution >= 0.6 is 0 Å². The summed E-state index contributed by atoms with van der Waals surface area (Å²) in [7, 11) is 1.66. The number of methoxy groups -OCH3 is 1. The van der Waals surface area contributed by atoms with E-state index in [2.05, 4.69) is 31.1 Å². The number of pyridine rings is 2. The second-order valence-electron chi connectivity index (χ2n) is 7.59. The van der Waals surface area contributed by atoms with E-state index in [1.807, 2.05) is 24.3 Å². The molecule has 2 aliphatic rings. The monoisotopic (exact) mass is 377 g/mol. The van der Waals surface area contributed by atoms with E-state index < -0.39 is 0 Å². The SMILES string of the molecule is COc1cccc(CN2[C@@H]3CC[C@H]2CC(c2nc(-c4cccnc4)no2)C3)n1. The second-order valence-corrected chi connectivity index (χ2v) is 7.59. The van der Waals surface area contributed by atoms with E-state index in [4.69, 9.17) is 9.26 Å². The van der Waals surface area contributed by atoms with Crippen molar-refractivity contribution in [2.24, 2.45) is 0 Å². The van der Waals surface area contributed by atoms with Crippen molar-refractivity contribution in [3.8, 4) is 17.3 Å². The van der Waals surface area contributed by atoms with Crippen LogP contribution in [0, 0.1) is 0 Å². The molecule has 2 fully saturated rings. The quantitative estimate of drug-likeness (QED) is 0.674. The summed E-state index contributed by atoms with van der Waals surface area (Å²) >= 11 is 0. The number of aromatic nitrogens is 4. The maximum atomic E-state index is 5.63. The van der Waals surface area contributed by atoms with Crippen molar-refractivity contribution in [2.75, 3.05) is 7.11 Å². The van der Waals surface area contributed by atoms with Crippen LogP contribution in [-0.4, -0.2) is 44.2 Å². The molecule has 3 atom stereocenters. The lowest BCUT2D eigenvalue weighted by Crippen LogP contribution is -2.41. The number of hydrogen-bond donors (Lipinski definition) is 0. The highest BCUT2D eigenvalue weighted by Crippen LogP contribution is 2.43. The highest BCUT2D eigenvalue weighted by Gasteiger charge is 2.42. The molecule has 28 heavy (non-hydrogen) atoms. The number of fused-ring (bicyclic) bond motifs is 2. The van der Waals surface area contributed by atoms with Crippen molar-refractivity contribution in [1.29, 1.82) is 0 Å². The molecule has 0 radical (unpaired) electrons. The van der Waals surface area contributed by atoms with Crippen LogP contribution in [0.1, 0.15) is 43.2 Å². The van der Waals surface area contributed by atoms with Gasteiger partial charge in [-0.2, -0.15) is 4.98 Å². The van der Waals surface area contributed by atoms with E-state index in [0.717, 1.165) is 36.5 Å². The molecule has 5 heterocycles. The Bertz CT molecular complexity index is 931. The van der Waals surface area contributed by atoms with Crippen LogP contribution in [0.2, 0.25) is 0 Å². The van der Waals surface area contributed by atoms with Gasteiger partial charge in [0.1, 0.15) is 0 Å². The maximum absolute atomic E-state index is 5.63. The largest absolute Gasteiger partial charge is 0.481 e. The summed E-state index contributed by atoms with van der Waals surface area (Å²) in [4.78, 5) is 16.0. The first-order chi connectivity index (χ1) is 13.8. The lowest BCUT2D eigenvalue weighted by Gasteiger charge is -2.37. The molecule has 0 aromatic carbocycles. The van der Waals surface area contributed by atoms with Crippen molar-refractivity contribution in [2.45, 2.75) is 50.2 Å². The van der Waals surface area contributed by atoms with Gasteiger partial charge >= 0.3 is 0 Å². The molecule has 144 valence electrons. The first-order valence-electron chi connectivity index (χ1n) is 9.80. The summed E-state index contributed by atoms with van der Waals surface area (Å²) in [6.07, 6.45) is 8.05. The van der Waals surface area contributed by atoms with Crippen LogP contribution in [0.3, 0.4) is 0 Å². The fraction of sp³-hybridized carbons (Fsp3) is 0.429. The third-order valence-electron chi connectivity index (χ3n) is 5.93. The summed E-state index contributed by atoms with van der Waals surface area (Å²) in [5.74, 6) is 2.38. The van der Waals surface area contributed by atoms with Crippen LogP contribution in [0.15, 0.2) is 47.2 Å². The Morgan fingerprint density at radius 1 is 1.11 bits per heavy atom. The lowest BCUT2D eigenvalue weighted by atomic mass is 9.90. The van der Waals surface area contributed by atoms with Crippen LogP contribution in [0.4, 0.5) is 0 Å². The third-order valence-corrected chi connectivity index (χ3v) is 5.93. The molecule has 7 nitrogen and oxygen atoms in total. The molecule has 3 aromatic rings. The molecule has 1 unspecified atom stereocenters. The molecule has 0 aliphatic carbocycles. The zero-order chi connectivity index (χ0) is 18.9. The van der Waals surface area contributed by atoms with Crippen molar-refractivity contribution in [3.63, 3.8) is 0 Å². The van der Waals surface area contributed by atoms with Gasteiger partial charge in [-0.1, -0.05) is 11.2 Å². The van der Waals surface area contributed by atoms with Gasteiger partial charge in [-0.05, 0) is 43.9 Å². The Morgan fingerprint density at radius 2 is 1.96 bits per heavy atom. The van der Waals surface area contributed by atoms with E-state index in [1.165, 1.54) is 12.8 Å². The molecule has 0 spiro atoms. The molecule has 0 saturated carbocycles. The van der Waals surface area contributed by atoms with Gasteiger partial charge in [-0.25, -0.2) is 4.98 Å². The minimum atomic E-state index is 0.324. The Labute approximate surface area is 163 Å². The fourth-order valence-corrected chi connectivity index (χ4v) is 4.59. The van der Waals surface area contributed by atoms with Crippen molar-refractivity contribution >= 4 is 0 Å². The highest BCUT2D eigenvalue weighted by atomic mass is 16.5. The molecular weight excluding hydrogens is 354 g/mol. The molecule has 0 N–H and O–H groups in total. The van der Waals surface area contributed by atoms with E-state index in [9.17, 15) is 0 Å². The average molecular weight is 377 g/mol. The van der Waals surface area contributed by atoms with E-state index >= 15 is 0 Å². The topological polar surface area (TPSA) is 77.2 Å². The number of ether oxygens (including phenoxy) is 1. The van der Waals surface area contributed by atoms with Crippen LogP contribution < -0.4 is 4.74 Å². The third kappa shape index (κ3) is 3.26. The van der Waals surface area contributed by atoms with Crippen LogP contribution in [0.25, 0.3) is 11.4 Å². The molecule has 0 amide bonds. The second kappa shape index (κ2) is 7.31. The van der Waals surface area contributed by atoms with Gasteiger partial charge in [0, 0.05) is 48.6 Å². The van der Waals surface area contributed by atoms with Crippen molar-refractivity contribution in [1.82, 2.24) is 25.0 Å². The number of rotatable bonds is 5. The average Bonchev–Trinajstić information content (AvgIpc) is 3.31. The molecule has 2 bridgehead atoms. The first kappa shape index (κ1) is 17.3. The summed E-state index contributed by atoms with van der Waals surface area (Å²) in [6, 6.07) is 10.9. The predicted molar refractivity (Wildman–Crippen MR) is 103 cm³/mol. The Balaban J connectivity index is 1.30. The van der Waals surface area contributed by atoms with Gasteiger partial charge in [0.2, 0.25) is 17.6 Å². The first-order valence-corrected chi connectivity index (χ1v) is 9.80. The van der Waals surface area contributed by atoms with Gasteiger partial charge in [0.05, 0.1) is 12.8 Å². The normalized spacial score (nSPS) is 24.4. The number of nitrogens with zero attached hydrogens (tertiary/aromatic N) is 5. The molecule has 7 heteroatoms. The zero-order valence-corrected chi connectivity index (χ0v) is 15.9. The standard InChI is InChI=1S/C21H23N5O2/c1-27-19-6-2-5-16(23-19)13-26-17-7-8-18(26)11-15(10-17)21-24-20(25-28-21)14-4-3-9-22-12-14/h2-6,9,12,15,17-18H,7-8,10-11,13H2,1H3/t15?,17-,18+. The van der Waals surface area contributed by atoms with Gasteiger partial charge < -0.3 is 9.26 Å². The molecule has 5 rings (SSSR count). The van der Waals surface area contributed by atoms with Gasteiger partial charge in [-0.15, -0.1) is 0 Å². The maximum Gasteiger partial charge on any atom is 0.230 e. The molecule has 3 aromatic heterocycles. The van der Waals surface area contributed by atoms with Gasteiger partial charge in [-0.3, -0.25) is 9.88 Å². The highest BCUT2D eigenvalue weighted by molar-refractivity contribution is 5.51. The van der Waals surface area contributed by atoms with E-state index in [0.29, 0.717) is 29.7 Å². The van der Waals surface area contributed by atoms with E-state index in [1.54, 1.807) is 19.5 Å². The minimum Gasteiger partial charge on any atom is -0.481 e. The van der Waals surface area contributed by atoms with Crippen LogP contribution in [-0.2, 0) is 6.54 Å². The lowest BCUT2D eigenvalue weighted by molar-refractivity contribution is 0.107. The molecule has 2 aliphatic heterocycles. The molecular formula is C21H23N5O2. The van der Waals surface area contributed by atoms with Crippen LogP contribution in [0.5, 0.6) is 5.88 Å².